The smallest absolute Gasteiger partial charge is 0.270 e. The topological polar surface area (TPSA) is 101 Å². The molecule has 1 amide bonds. The average Bonchev–Trinajstić information content (AvgIpc) is 3.49. The van der Waals surface area contributed by atoms with Crippen LogP contribution in [0.25, 0.3) is 22.4 Å². The lowest BCUT2D eigenvalue weighted by atomic mass is 10.0. The summed E-state index contributed by atoms with van der Waals surface area (Å²) in [5, 5.41) is 10.6. The molecule has 200 valence electrons. The fraction of sp³-hybridized carbons (Fsp3) is 0.385. The Morgan fingerprint density at radius 3 is 2.82 bits per heavy atom. The second-order valence-corrected chi connectivity index (χ2v) is 9.65. The van der Waals surface area contributed by atoms with Gasteiger partial charge in [0, 0.05) is 37.3 Å². The van der Waals surface area contributed by atoms with E-state index in [-0.39, 0.29) is 24.0 Å². The van der Waals surface area contributed by atoms with E-state index < -0.39 is 30.6 Å². The summed E-state index contributed by atoms with van der Waals surface area (Å²) >= 11 is 0. The number of aromatic nitrogens is 4. The van der Waals surface area contributed by atoms with E-state index in [1.165, 1.54) is 10.8 Å². The van der Waals surface area contributed by atoms with Gasteiger partial charge in [-0.05, 0) is 43.8 Å². The Bertz CT molecular complexity index is 1420. The fourth-order valence-electron chi connectivity index (χ4n) is 4.64. The van der Waals surface area contributed by atoms with Crippen LogP contribution in [-0.4, -0.2) is 68.8 Å². The van der Waals surface area contributed by atoms with E-state index in [9.17, 15) is 18.0 Å². The van der Waals surface area contributed by atoms with Crippen LogP contribution in [-0.2, 0) is 13.1 Å². The van der Waals surface area contributed by atoms with Crippen LogP contribution in [0.2, 0.25) is 0 Å². The predicted molar refractivity (Wildman–Crippen MR) is 136 cm³/mol. The molecule has 38 heavy (non-hydrogen) atoms. The summed E-state index contributed by atoms with van der Waals surface area (Å²) in [5.41, 5.74) is 1.73. The first-order chi connectivity index (χ1) is 18.2. The van der Waals surface area contributed by atoms with Gasteiger partial charge in [0.05, 0.1) is 30.3 Å². The number of likely N-dealkylation sites (tertiary alicyclic amines) is 1. The molecule has 1 saturated heterocycles. The minimum atomic E-state index is -3.02. The number of nitrogens with one attached hydrogen (secondary N) is 2. The van der Waals surface area contributed by atoms with Crippen LogP contribution < -0.4 is 10.6 Å². The van der Waals surface area contributed by atoms with Crippen molar-refractivity contribution < 1.29 is 22.5 Å². The molecule has 2 atom stereocenters. The summed E-state index contributed by atoms with van der Waals surface area (Å²) in [5.74, 6) is -3.23. The number of hydrogen-bond donors (Lipinski definition) is 2. The Morgan fingerprint density at radius 1 is 1.24 bits per heavy atom. The number of nitrogens with zero attached hydrogens (tertiary/aromatic N) is 5. The van der Waals surface area contributed by atoms with E-state index in [1.807, 2.05) is 11.9 Å². The lowest BCUT2D eigenvalue weighted by Crippen LogP contribution is -2.46. The van der Waals surface area contributed by atoms with Crippen molar-refractivity contribution in [3.8, 4) is 11.5 Å². The van der Waals surface area contributed by atoms with Crippen LogP contribution in [0.3, 0.4) is 0 Å². The molecule has 9 nitrogen and oxygen atoms in total. The Labute approximate surface area is 217 Å². The first-order valence-corrected chi connectivity index (χ1v) is 12.3. The fourth-order valence-corrected chi connectivity index (χ4v) is 4.64. The van der Waals surface area contributed by atoms with Crippen LogP contribution in [0.5, 0.6) is 0 Å². The van der Waals surface area contributed by atoms with Crippen LogP contribution >= 0.6 is 0 Å². The highest BCUT2D eigenvalue weighted by Crippen LogP contribution is 2.34. The summed E-state index contributed by atoms with van der Waals surface area (Å²) in [6.45, 7) is 1.24. The van der Waals surface area contributed by atoms with Crippen molar-refractivity contribution in [2.75, 3.05) is 25.5 Å². The van der Waals surface area contributed by atoms with Gasteiger partial charge in [-0.25, -0.2) is 13.2 Å². The van der Waals surface area contributed by atoms with Gasteiger partial charge in [-0.3, -0.25) is 9.78 Å². The Hall–Kier alpha value is -3.93. The molecule has 3 aromatic heterocycles. The summed E-state index contributed by atoms with van der Waals surface area (Å²) in [7, 11) is 1.88. The highest BCUT2D eigenvalue weighted by Gasteiger charge is 2.30. The number of piperidine rings is 1. The number of carbonyl (C=O) groups excluding carboxylic acids is 1. The second kappa shape index (κ2) is 10.4. The third-order valence-electron chi connectivity index (χ3n) is 6.46. The summed E-state index contributed by atoms with van der Waals surface area (Å²) in [4.78, 5) is 22.5. The highest BCUT2D eigenvalue weighted by molar-refractivity contribution is 5.96. The number of amides is 1. The quantitative estimate of drug-likeness (QED) is 0.355. The Balaban J connectivity index is 1.44. The SMILES string of the molecule is CN1CC[C@@H](Nc2cccc3c2cc(-c2noc(CNC(=O)c4ccccn4)n2)n3CC(C)(F)F)[C@@H](F)C1. The molecule has 0 bridgehead atoms. The standard InChI is InChI=1S/C26H28F3N7O2/c1-26(28,29)15-36-21-8-5-7-18(32-19-9-11-35(2)14-17(19)27)16(21)12-22(36)24-33-23(38-34-24)13-31-25(37)20-6-3-4-10-30-20/h3-8,10,12,17,19,32H,9,11,13-15H2,1-2H3,(H,31,37)/t17-,19+/m0/s1. The molecule has 4 heterocycles. The normalized spacial score (nSPS) is 18.6. The highest BCUT2D eigenvalue weighted by atomic mass is 19.3. The van der Waals surface area contributed by atoms with E-state index in [4.69, 9.17) is 4.52 Å². The van der Waals surface area contributed by atoms with Crippen molar-refractivity contribution in [1.82, 2.24) is 29.9 Å². The molecule has 5 rings (SSSR count). The van der Waals surface area contributed by atoms with E-state index in [0.29, 0.717) is 35.2 Å². The van der Waals surface area contributed by atoms with Crippen molar-refractivity contribution >= 4 is 22.5 Å². The Morgan fingerprint density at radius 2 is 2.08 bits per heavy atom. The second-order valence-electron chi connectivity index (χ2n) is 9.65. The van der Waals surface area contributed by atoms with Crippen LogP contribution in [0.1, 0.15) is 29.7 Å². The Kier molecular flexibility index (Phi) is 7.06. The van der Waals surface area contributed by atoms with Crippen molar-refractivity contribution in [3.63, 3.8) is 0 Å². The monoisotopic (exact) mass is 527 g/mol. The van der Waals surface area contributed by atoms with Gasteiger partial charge in [0.1, 0.15) is 11.9 Å². The number of halogens is 3. The van der Waals surface area contributed by atoms with Gasteiger partial charge < -0.3 is 24.6 Å². The minimum Gasteiger partial charge on any atom is -0.379 e. The van der Waals surface area contributed by atoms with Gasteiger partial charge in [0.25, 0.3) is 11.8 Å². The molecule has 1 aliphatic rings. The maximum atomic E-state index is 14.7. The van der Waals surface area contributed by atoms with Gasteiger partial charge in [-0.1, -0.05) is 17.3 Å². The van der Waals surface area contributed by atoms with Crippen molar-refractivity contribution in [2.45, 2.75) is 44.6 Å². The molecule has 0 spiro atoms. The molecule has 1 fully saturated rings. The van der Waals surface area contributed by atoms with Gasteiger partial charge in [-0.2, -0.15) is 4.98 Å². The number of benzene rings is 1. The number of carbonyl (C=O) groups is 1. The molecule has 1 aromatic carbocycles. The zero-order chi connectivity index (χ0) is 26.9. The van der Waals surface area contributed by atoms with Gasteiger partial charge in [-0.15, -0.1) is 0 Å². The summed E-state index contributed by atoms with van der Waals surface area (Å²) in [6.07, 6.45) is 1.06. The largest absolute Gasteiger partial charge is 0.379 e. The number of pyridine rings is 1. The third-order valence-corrected chi connectivity index (χ3v) is 6.46. The van der Waals surface area contributed by atoms with Crippen LogP contribution in [0.15, 0.2) is 53.2 Å². The maximum Gasteiger partial charge on any atom is 0.270 e. The predicted octanol–water partition coefficient (Wildman–Crippen LogP) is 4.13. The van der Waals surface area contributed by atoms with Crippen LogP contribution in [0.4, 0.5) is 18.9 Å². The zero-order valence-electron chi connectivity index (χ0n) is 21.0. The van der Waals surface area contributed by atoms with Crippen molar-refractivity contribution in [2.24, 2.45) is 0 Å². The van der Waals surface area contributed by atoms with Crippen molar-refractivity contribution in [3.05, 3.63) is 60.2 Å². The number of rotatable bonds is 8. The van der Waals surface area contributed by atoms with E-state index in [1.54, 1.807) is 42.5 Å². The molecule has 0 unspecified atom stereocenters. The van der Waals surface area contributed by atoms with Gasteiger partial charge in [0.2, 0.25) is 11.7 Å². The lowest BCUT2D eigenvalue weighted by Gasteiger charge is -2.33. The first-order valence-electron chi connectivity index (χ1n) is 12.3. The van der Waals surface area contributed by atoms with Crippen molar-refractivity contribution in [1.29, 1.82) is 0 Å². The first kappa shape index (κ1) is 25.7. The summed E-state index contributed by atoms with van der Waals surface area (Å²) in [6, 6.07) is 11.5. The van der Waals surface area contributed by atoms with E-state index >= 15 is 0 Å². The number of fused-ring (bicyclic) bond motifs is 1. The van der Waals surface area contributed by atoms with Crippen LogP contribution in [0, 0.1) is 0 Å². The zero-order valence-corrected chi connectivity index (χ0v) is 21.0. The molecule has 4 aromatic rings. The molecule has 1 aliphatic heterocycles. The van der Waals surface area contributed by atoms with E-state index in [0.717, 1.165) is 13.5 Å². The molecular formula is C26H28F3N7O2. The number of hydrogen-bond acceptors (Lipinski definition) is 7. The third kappa shape index (κ3) is 5.64. The maximum absolute atomic E-state index is 14.7. The number of anilines is 1. The van der Waals surface area contributed by atoms with Gasteiger partial charge >= 0.3 is 0 Å². The van der Waals surface area contributed by atoms with E-state index in [2.05, 4.69) is 25.8 Å². The molecule has 0 aliphatic carbocycles. The molecule has 0 saturated carbocycles. The minimum absolute atomic E-state index is 0.0621. The molecular weight excluding hydrogens is 499 g/mol. The lowest BCUT2D eigenvalue weighted by molar-refractivity contribution is 0.00545. The number of alkyl halides is 3. The molecule has 2 N–H and O–H groups in total. The van der Waals surface area contributed by atoms with Gasteiger partial charge in [0.15, 0.2) is 0 Å². The molecule has 0 radical (unpaired) electrons. The molecule has 12 heteroatoms. The summed E-state index contributed by atoms with van der Waals surface area (Å²) < 4.78 is 49.9. The average molecular weight is 528 g/mol.